The van der Waals surface area contributed by atoms with Crippen molar-refractivity contribution in [3.8, 4) is 16.9 Å². The minimum absolute atomic E-state index is 0.00643. The standard InChI is InChI=1S/C26H23Cl2FN6O4S.H2O4S/c27-20-9-6-16(12-21(20)28)23-22(34-25(31)35-24(23)30)14-39-18-7-4-15(5-8-18)10-11-32-26(36)33-17-2-1-3-19(13-17)40(29,37)38;1-5(2,3)4/h1-9,12-13H,10-11,14H2,(H2,32,33,36)(H4,30,31,34,35);(H2,1,2,3,4). The first-order valence-electron chi connectivity index (χ1n) is 12.4. The number of carbonyl (C=O) groups is 1. The van der Waals surface area contributed by atoms with Gasteiger partial charge in [0.1, 0.15) is 23.1 Å². The SMILES string of the molecule is Nc1nc(N)c(-c2ccc(Cl)c(Cl)c2)c(COc2ccc(CCNC(=O)Nc3cccc(S(=O)(=O)F)c3)cc2)n1.O=S(=O)(O)O. The number of amides is 2. The number of urea groups is 1. The van der Waals surface area contributed by atoms with Gasteiger partial charge in [0.2, 0.25) is 5.95 Å². The molecule has 2 amide bonds. The average Bonchev–Trinajstić information content (AvgIpc) is 2.93. The van der Waals surface area contributed by atoms with Gasteiger partial charge in [-0.15, -0.1) is 3.89 Å². The quantitative estimate of drug-likeness (QED) is 0.104. The number of nitrogen functional groups attached to an aromatic ring is 2. The number of benzene rings is 3. The summed E-state index contributed by atoms with van der Waals surface area (Å²) in [6, 6.07) is 16.6. The second kappa shape index (κ2) is 15.2. The van der Waals surface area contributed by atoms with Gasteiger partial charge in [-0.3, -0.25) is 9.11 Å². The maximum absolute atomic E-state index is 13.1. The highest BCUT2D eigenvalue weighted by Crippen LogP contribution is 2.33. The fourth-order valence-electron chi connectivity index (χ4n) is 3.74. The van der Waals surface area contributed by atoms with Crippen molar-refractivity contribution in [2.75, 3.05) is 23.3 Å². The minimum atomic E-state index is -4.87. The molecule has 0 saturated carbocycles. The zero-order chi connectivity index (χ0) is 33.4. The van der Waals surface area contributed by atoms with Crippen molar-refractivity contribution in [3.63, 3.8) is 0 Å². The Morgan fingerprint density at radius 3 is 2.22 bits per heavy atom. The minimum Gasteiger partial charge on any atom is -0.487 e. The Hall–Kier alpha value is -4.26. The van der Waals surface area contributed by atoms with Crippen molar-refractivity contribution in [2.45, 2.75) is 17.9 Å². The van der Waals surface area contributed by atoms with Crippen LogP contribution in [0.4, 0.5) is 26.1 Å². The van der Waals surface area contributed by atoms with E-state index in [1.165, 1.54) is 12.1 Å². The molecule has 8 N–H and O–H groups in total. The van der Waals surface area contributed by atoms with E-state index in [-0.39, 0.29) is 24.1 Å². The summed E-state index contributed by atoms with van der Waals surface area (Å²) in [5.41, 5.74) is 14.7. The number of hydrogen-bond acceptors (Lipinski definition) is 10. The molecule has 1 aromatic heterocycles. The van der Waals surface area contributed by atoms with Crippen molar-refractivity contribution in [1.29, 1.82) is 0 Å². The first-order chi connectivity index (χ1) is 21.0. The molecule has 19 heteroatoms. The van der Waals surface area contributed by atoms with E-state index in [0.29, 0.717) is 45.6 Å². The molecule has 14 nitrogen and oxygen atoms in total. The molecule has 0 atom stereocenters. The third-order valence-corrected chi connectivity index (χ3v) is 7.17. The zero-order valence-corrected chi connectivity index (χ0v) is 26.0. The van der Waals surface area contributed by atoms with Crippen molar-refractivity contribution in [2.24, 2.45) is 0 Å². The monoisotopic (exact) mass is 702 g/mol. The highest BCUT2D eigenvalue weighted by molar-refractivity contribution is 7.86. The first kappa shape index (κ1) is 35.2. The molecule has 0 bridgehead atoms. The zero-order valence-electron chi connectivity index (χ0n) is 22.8. The lowest BCUT2D eigenvalue weighted by molar-refractivity contribution is 0.252. The molecular formula is C26H25Cl2FN6O8S2. The molecule has 0 unspecified atom stereocenters. The van der Waals surface area contributed by atoms with Crippen molar-refractivity contribution < 1.29 is 39.4 Å². The molecule has 0 spiro atoms. The number of halogens is 3. The van der Waals surface area contributed by atoms with Gasteiger partial charge in [0.05, 0.1) is 15.7 Å². The fraction of sp³-hybridized carbons (Fsp3) is 0.115. The topological polar surface area (TPSA) is 237 Å². The Kier molecular flexibility index (Phi) is 11.9. The van der Waals surface area contributed by atoms with Crippen LogP contribution in [0.25, 0.3) is 11.1 Å². The molecular weight excluding hydrogens is 678 g/mol. The van der Waals surface area contributed by atoms with Crippen LogP contribution in [0, 0.1) is 0 Å². The number of nitrogens with two attached hydrogens (primary N) is 2. The van der Waals surface area contributed by atoms with Crippen LogP contribution in [-0.4, -0.2) is 48.5 Å². The highest BCUT2D eigenvalue weighted by atomic mass is 35.5. The summed E-state index contributed by atoms with van der Waals surface area (Å²) in [6.07, 6.45) is 0.507. The summed E-state index contributed by atoms with van der Waals surface area (Å²) in [4.78, 5) is 19.9. The third kappa shape index (κ3) is 11.6. The number of aromatic nitrogens is 2. The Bertz CT molecular complexity index is 1890. The summed E-state index contributed by atoms with van der Waals surface area (Å²) < 4.78 is 72.7. The van der Waals surface area contributed by atoms with Crippen LogP contribution in [0.3, 0.4) is 0 Å². The van der Waals surface area contributed by atoms with Crippen molar-refractivity contribution in [3.05, 3.63) is 88.0 Å². The molecule has 0 fully saturated rings. The lowest BCUT2D eigenvalue weighted by atomic mass is 10.0. The molecule has 0 saturated heterocycles. The molecule has 4 aromatic rings. The number of ether oxygens (including phenoxy) is 1. The summed E-state index contributed by atoms with van der Waals surface area (Å²) in [5, 5.41) is 5.88. The maximum atomic E-state index is 13.1. The van der Waals surface area contributed by atoms with Gasteiger partial charge in [-0.25, -0.2) is 9.78 Å². The molecule has 0 aliphatic rings. The summed E-state index contributed by atoms with van der Waals surface area (Å²) in [7, 11) is -9.53. The van der Waals surface area contributed by atoms with Gasteiger partial charge in [-0.2, -0.15) is 21.8 Å². The van der Waals surface area contributed by atoms with Crippen LogP contribution in [-0.2, 0) is 33.6 Å². The number of hydrogen-bond donors (Lipinski definition) is 6. The fourth-order valence-corrected chi connectivity index (χ4v) is 4.55. The first-order valence-corrected chi connectivity index (χ1v) is 15.9. The predicted molar refractivity (Wildman–Crippen MR) is 167 cm³/mol. The second-order valence-corrected chi connectivity index (χ2v) is 12.0. The van der Waals surface area contributed by atoms with Crippen LogP contribution in [0.5, 0.6) is 5.75 Å². The molecule has 0 aliphatic heterocycles. The lowest BCUT2D eigenvalue weighted by Gasteiger charge is -2.14. The van der Waals surface area contributed by atoms with E-state index in [1.54, 1.807) is 30.3 Å². The van der Waals surface area contributed by atoms with Gasteiger partial charge >= 0.3 is 26.7 Å². The summed E-state index contributed by atoms with van der Waals surface area (Å²) in [6.45, 7) is 0.345. The van der Waals surface area contributed by atoms with Crippen molar-refractivity contribution >= 4 is 67.3 Å². The van der Waals surface area contributed by atoms with Gasteiger partial charge in [-0.1, -0.05) is 47.5 Å². The number of carbonyl (C=O) groups excluding carboxylic acids is 1. The Balaban J connectivity index is 0.00000102. The van der Waals surface area contributed by atoms with E-state index < -0.39 is 31.5 Å². The van der Waals surface area contributed by atoms with E-state index in [9.17, 15) is 17.1 Å². The molecule has 240 valence electrons. The lowest BCUT2D eigenvalue weighted by Crippen LogP contribution is -2.30. The Morgan fingerprint density at radius 1 is 0.933 bits per heavy atom. The van der Waals surface area contributed by atoms with Crippen LogP contribution in [0.15, 0.2) is 71.6 Å². The summed E-state index contributed by atoms with van der Waals surface area (Å²) in [5.74, 6) is 0.747. The van der Waals surface area contributed by atoms with Crippen LogP contribution < -0.4 is 26.8 Å². The molecule has 4 rings (SSSR count). The smallest absolute Gasteiger partial charge is 0.394 e. The molecule has 0 aliphatic carbocycles. The predicted octanol–water partition coefficient (Wildman–Crippen LogP) is 4.56. The van der Waals surface area contributed by atoms with Gasteiger partial charge < -0.3 is 26.8 Å². The largest absolute Gasteiger partial charge is 0.487 e. The maximum Gasteiger partial charge on any atom is 0.394 e. The van der Waals surface area contributed by atoms with Crippen LogP contribution >= 0.6 is 23.2 Å². The molecule has 1 heterocycles. The number of nitrogens with zero attached hydrogens (tertiary/aromatic N) is 2. The van der Waals surface area contributed by atoms with Crippen LogP contribution in [0.2, 0.25) is 10.0 Å². The number of nitrogens with one attached hydrogen (secondary N) is 2. The highest BCUT2D eigenvalue weighted by Gasteiger charge is 2.16. The van der Waals surface area contributed by atoms with Gasteiger partial charge in [0.25, 0.3) is 0 Å². The Labute approximate surface area is 267 Å². The second-order valence-electron chi connectivity index (χ2n) is 8.89. The normalized spacial score (nSPS) is 11.2. The van der Waals surface area contributed by atoms with Crippen LogP contribution in [0.1, 0.15) is 11.3 Å². The molecule has 0 radical (unpaired) electrons. The van der Waals surface area contributed by atoms with Gasteiger partial charge in [0.15, 0.2) is 0 Å². The third-order valence-electron chi connectivity index (χ3n) is 5.61. The van der Waals surface area contributed by atoms with E-state index in [4.69, 9.17) is 56.9 Å². The molecule has 3 aromatic carbocycles. The van der Waals surface area contributed by atoms with Crippen molar-refractivity contribution in [1.82, 2.24) is 15.3 Å². The van der Waals surface area contributed by atoms with E-state index in [0.717, 1.165) is 17.7 Å². The summed E-state index contributed by atoms with van der Waals surface area (Å²) >= 11 is 12.2. The van der Waals surface area contributed by atoms with Gasteiger partial charge in [-0.05, 0) is 60.0 Å². The van der Waals surface area contributed by atoms with E-state index in [1.807, 2.05) is 12.1 Å². The number of anilines is 3. The molecule has 45 heavy (non-hydrogen) atoms. The van der Waals surface area contributed by atoms with E-state index >= 15 is 0 Å². The average molecular weight is 704 g/mol. The van der Waals surface area contributed by atoms with E-state index in [2.05, 4.69) is 20.6 Å². The van der Waals surface area contributed by atoms with Gasteiger partial charge in [0, 0.05) is 17.8 Å². The number of rotatable bonds is 9. The Morgan fingerprint density at radius 2 is 1.60 bits per heavy atom.